The fourth-order valence-electron chi connectivity index (χ4n) is 5.40. The van der Waals surface area contributed by atoms with Crippen LogP contribution in [0.4, 0.5) is 4.79 Å². The molecule has 2 fully saturated rings. The Bertz CT molecular complexity index is 1660. The van der Waals surface area contributed by atoms with Crippen LogP contribution in [-0.4, -0.2) is 78.3 Å². The number of hydrogen-bond donors (Lipinski definition) is 1. The standard InChI is InChI=1S/C30H29Cl3N4O6S/c1-2-35-17-27-36(44(41,42)26-13-12-22(32)15-23(26)33)16-24(34-30(40)43-18-20-6-4-3-5-7-20)28(38)37(27)25(29(35)39)14-19-8-10-21(31)11-9-19/h3-13,15,24-25,27H,2,14,16-18H2,1H3,(H,34,40). The van der Waals surface area contributed by atoms with Gasteiger partial charge in [0.1, 0.15) is 29.8 Å². The Kier molecular flexibility index (Phi) is 9.71. The van der Waals surface area contributed by atoms with E-state index < -0.39 is 46.8 Å². The van der Waals surface area contributed by atoms with E-state index >= 15 is 0 Å². The van der Waals surface area contributed by atoms with E-state index in [1.807, 2.05) is 6.07 Å². The normalized spacial score (nSPS) is 20.8. The van der Waals surface area contributed by atoms with E-state index in [0.717, 1.165) is 9.87 Å². The van der Waals surface area contributed by atoms with Gasteiger partial charge in [-0.25, -0.2) is 13.2 Å². The zero-order chi connectivity index (χ0) is 31.6. The predicted octanol–water partition coefficient (Wildman–Crippen LogP) is 4.57. The maximum absolute atomic E-state index is 14.2. The molecule has 14 heteroatoms. The lowest BCUT2D eigenvalue weighted by Crippen LogP contribution is -2.76. The maximum atomic E-state index is 14.2. The summed E-state index contributed by atoms with van der Waals surface area (Å²) in [5.74, 6) is -0.954. The second-order valence-corrected chi connectivity index (χ2v) is 13.5. The Morgan fingerprint density at radius 1 is 0.909 bits per heavy atom. The third-order valence-corrected chi connectivity index (χ3v) is 10.4. The molecule has 1 N–H and O–H groups in total. The Morgan fingerprint density at radius 3 is 2.25 bits per heavy atom. The molecule has 0 spiro atoms. The quantitative estimate of drug-likeness (QED) is 0.373. The van der Waals surface area contributed by atoms with Gasteiger partial charge in [-0.3, -0.25) is 9.59 Å². The van der Waals surface area contributed by atoms with Gasteiger partial charge in [0.2, 0.25) is 21.8 Å². The molecule has 0 aliphatic carbocycles. The zero-order valence-electron chi connectivity index (χ0n) is 23.5. The summed E-state index contributed by atoms with van der Waals surface area (Å²) in [6.07, 6.45) is -1.90. The van der Waals surface area contributed by atoms with Gasteiger partial charge in [-0.05, 0) is 48.4 Å². The number of rotatable bonds is 8. The van der Waals surface area contributed by atoms with E-state index in [0.29, 0.717) is 10.6 Å². The van der Waals surface area contributed by atoms with Crippen LogP contribution in [0.1, 0.15) is 18.1 Å². The van der Waals surface area contributed by atoms with Gasteiger partial charge in [0, 0.05) is 29.6 Å². The Balaban J connectivity index is 1.52. The number of carbonyl (C=O) groups is 3. The van der Waals surface area contributed by atoms with E-state index in [-0.39, 0.29) is 47.0 Å². The van der Waals surface area contributed by atoms with Crippen molar-refractivity contribution in [1.29, 1.82) is 0 Å². The second kappa shape index (κ2) is 13.3. The van der Waals surface area contributed by atoms with Crippen LogP contribution in [0.3, 0.4) is 0 Å². The van der Waals surface area contributed by atoms with Crippen molar-refractivity contribution < 1.29 is 27.5 Å². The number of halogens is 3. The lowest BCUT2D eigenvalue weighted by atomic mass is 9.97. The number of ether oxygens (including phenoxy) is 1. The number of piperazine rings is 1. The first-order valence-corrected chi connectivity index (χ1v) is 16.4. The summed E-state index contributed by atoms with van der Waals surface area (Å²) >= 11 is 18.4. The SMILES string of the molecule is CCN1CC2N(C(=O)C(NC(=O)OCc3ccccc3)CN2S(=O)(=O)c2ccc(Cl)cc2Cl)C(Cc2ccc(Cl)cc2)C1=O. The summed E-state index contributed by atoms with van der Waals surface area (Å²) in [6, 6.07) is 17.3. The van der Waals surface area contributed by atoms with Crippen molar-refractivity contribution in [2.75, 3.05) is 19.6 Å². The number of fused-ring (bicyclic) bond motifs is 1. The average molecular weight is 680 g/mol. The Hall–Kier alpha value is -3.35. The van der Waals surface area contributed by atoms with E-state index in [4.69, 9.17) is 39.5 Å². The van der Waals surface area contributed by atoms with Crippen LogP contribution in [0, 0.1) is 0 Å². The van der Waals surface area contributed by atoms with E-state index in [2.05, 4.69) is 5.32 Å². The second-order valence-electron chi connectivity index (χ2n) is 10.4. The maximum Gasteiger partial charge on any atom is 0.408 e. The molecular weight excluding hydrogens is 651 g/mol. The summed E-state index contributed by atoms with van der Waals surface area (Å²) in [7, 11) is -4.38. The van der Waals surface area contributed by atoms with Gasteiger partial charge in [-0.15, -0.1) is 0 Å². The molecule has 2 aliphatic rings. The van der Waals surface area contributed by atoms with Crippen molar-refractivity contribution in [2.45, 2.75) is 43.1 Å². The lowest BCUT2D eigenvalue weighted by Gasteiger charge is -2.53. The van der Waals surface area contributed by atoms with Crippen LogP contribution in [0.15, 0.2) is 77.7 Å². The van der Waals surface area contributed by atoms with Crippen molar-refractivity contribution in [2.24, 2.45) is 0 Å². The van der Waals surface area contributed by atoms with Crippen molar-refractivity contribution in [1.82, 2.24) is 19.4 Å². The summed E-state index contributed by atoms with van der Waals surface area (Å²) in [4.78, 5) is 43.2. The van der Waals surface area contributed by atoms with Gasteiger partial charge in [0.15, 0.2) is 0 Å². The number of nitrogens with zero attached hydrogens (tertiary/aromatic N) is 3. The van der Waals surface area contributed by atoms with Crippen LogP contribution >= 0.6 is 34.8 Å². The number of benzene rings is 3. The first kappa shape index (κ1) is 32.1. The van der Waals surface area contributed by atoms with Crippen LogP contribution in [0.25, 0.3) is 0 Å². The summed E-state index contributed by atoms with van der Waals surface area (Å²) in [6.45, 7) is 1.51. The highest BCUT2D eigenvalue weighted by molar-refractivity contribution is 7.89. The number of nitrogens with one attached hydrogen (secondary N) is 1. The van der Waals surface area contributed by atoms with Gasteiger partial charge in [-0.2, -0.15) is 4.31 Å². The Morgan fingerprint density at radius 2 is 1.59 bits per heavy atom. The van der Waals surface area contributed by atoms with Crippen molar-refractivity contribution in [3.05, 3.63) is 99.0 Å². The molecule has 2 aliphatic heterocycles. The highest BCUT2D eigenvalue weighted by Crippen LogP contribution is 2.34. The van der Waals surface area contributed by atoms with Gasteiger partial charge in [0.25, 0.3) is 0 Å². The summed E-state index contributed by atoms with van der Waals surface area (Å²) < 4.78 is 34.8. The molecule has 0 bridgehead atoms. The molecule has 10 nitrogen and oxygen atoms in total. The van der Waals surface area contributed by atoms with E-state index in [1.54, 1.807) is 55.5 Å². The molecule has 3 amide bonds. The molecular formula is C30H29Cl3N4O6S. The monoisotopic (exact) mass is 678 g/mol. The van der Waals surface area contributed by atoms with Crippen molar-refractivity contribution in [3.8, 4) is 0 Å². The topological polar surface area (TPSA) is 116 Å². The molecule has 2 heterocycles. The molecule has 2 saturated heterocycles. The molecule has 3 atom stereocenters. The average Bonchev–Trinajstić information content (AvgIpc) is 2.99. The fraction of sp³-hybridized carbons (Fsp3) is 0.300. The van der Waals surface area contributed by atoms with Crippen molar-refractivity contribution >= 4 is 62.7 Å². The van der Waals surface area contributed by atoms with Crippen LogP contribution in [0.5, 0.6) is 0 Å². The largest absolute Gasteiger partial charge is 0.445 e. The minimum atomic E-state index is -4.38. The number of hydrogen-bond acceptors (Lipinski definition) is 6. The Labute approximate surface area is 270 Å². The molecule has 0 radical (unpaired) electrons. The van der Waals surface area contributed by atoms with Crippen LogP contribution in [-0.2, 0) is 37.4 Å². The zero-order valence-corrected chi connectivity index (χ0v) is 26.6. The molecule has 0 aromatic heterocycles. The van der Waals surface area contributed by atoms with Crippen molar-refractivity contribution in [3.63, 3.8) is 0 Å². The minimum absolute atomic E-state index is 0.0640. The molecule has 232 valence electrons. The van der Waals surface area contributed by atoms with Crippen LogP contribution in [0.2, 0.25) is 15.1 Å². The van der Waals surface area contributed by atoms with Gasteiger partial charge in [0.05, 0.1) is 11.6 Å². The number of sulfonamides is 1. The number of amides is 3. The molecule has 3 unspecified atom stereocenters. The number of carbonyl (C=O) groups excluding carboxylic acids is 3. The van der Waals surface area contributed by atoms with E-state index in [9.17, 15) is 22.8 Å². The molecule has 44 heavy (non-hydrogen) atoms. The first-order chi connectivity index (χ1) is 21.0. The summed E-state index contributed by atoms with van der Waals surface area (Å²) in [5.41, 5.74) is 1.44. The third kappa shape index (κ3) is 6.67. The van der Waals surface area contributed by atoms with Crippen LogP contribution < -0.4 is 5.32 Å². The smallest absolute Gasteiger partial charge is 0.408 e. The molecule has 0 saturated carbocycles. The van der Waals surface area contributed by atoms with E-state index in [1.165, 1.54) is 28.0 Å². The molecule has 3 aromatic rings. The number of likely N-dealkylation sites (N-methyl/N-ethyl adjacent to an activating group) is 1. The third-order valence-electron chi connectivity index (χ3n) is 7.59. The van der Waals surface area contributed by atoms with Gasteiger partial charge >= 0.3 is 6.09 Å². The highest BCUT2D eigenvalue weighted by Gasteiger charge is 2.54. The summed E-state index contributed by atoms with van der Waals surface area (Å²) in [5, 5.41) is 3.16. The van der Waals surface area contributed by atoms with Gasteiger partial charge in [-0.1, -0.05) is 77.3 Å². The highest BCUT2D eigenvalue weighted by atomic mass is 35.5. The minimum Gasteiger partial charge on any atom is -0.445 e. The fourth-order valence-corrected chi connectivity index (χ4v) is 7.86. The predicted molar refractivity (Wildman–Crippen MR) is 166 cm³/mol. The molecule has 5 rings (SSSR count). The first-order valence-electron chi connectivity index (χ1n) is 13.8. The molecule has 3 aromatic carbocycles. The van der Waals surface area contributed by atoms with Gasteiger partial charge < -0.3 is 19.9 Å². The number of alkyl carbamates (subject to hydrolysis) is 1. The lowest BCUT2D eigenvalue weighted by molar-refractivity contribution is -0.166.